The summed E-state index contributed by atoms with van der Waals surface area (Å²) in [6.07, 6.45) is 4.63. The fraction of sp³-hybridized carbons (Fsp3) is 0.450. The molecule has 4 rings (SSSR count). The number of hydrogen-bond acceptors (Lipinski definition) is 4. The molecule has 2 aliphatic rings. The molecule has 1 aromatic heterocycles. The van der Waals surface area contributed by atoms with Crippen molar-refractivity contribution in [2.24, 2.45) is 0 Å². The lowest BCUT2D eigenvalue weighted by molar-refractivity contribution is 0.0342. The van der Waals surface area contributed by atoms with Crippen molar-refractivity contribution in [1.29, 1.82) is 0 Å². The highest BCUT2D eigenvalue weighted by molar-refractivity contribution is 7.16. The lowest BCUT2D eigenvalue weighted by atomic mass is 9.95. The Labute approximate surface area is 157 Å². The smallest absolute Gasteiger partial charge is 0.256 e. The molecule has 0 saturated carbocycles. The maximum absolute atomic E-state index is 13.1. The summed E-state index contributed by atoms with van der Waals surface area (Å²) in [5.74, 6) is -0.507. The van der Waals surface area contributed by atoms with Crippen LogP contribution in [0.15, 0.2) is 24.3 Å². The maximum atomic E-state index is 13.1. The lowest BCUT2D eigenvalue weighted by Gasteiger charge is -2.27. The first-order valence-electron chi connectivity index (χ1n) is 9.21. The summed E-state index contributed by atoms with van der Waals surface area (Å²) in [5.41, 5.74) is 3.18. The number of anilines is 1. The van der Waals surface area contributed by atoms with Crippen LogP contribution in [-0.2, 0) is 24.1 Å². The van der Waals surface area contributed by atoms with E-state index in [0.717, 1.165) is 50.7 Å². The molecule has 1 aliphatic heterocycles. The minimum Gasteiger partial charge on any atom is -0.379 e. The Morgan fingerprint density at radius 2 is 1.88 bits per heavy atom. The summed E-state index contributed by atoms with van der Waals surface area (Å²) in [5, 5.41) is 4.05. The number of rotatable bonds is 4. The van der Waals surface area contributed by atoms with Crippen molar-refractivity contribution in [1.82, 2.24) is 4.90 Å². The zero-order chi connectivity index (χ0) is 17.9. The normalized spacial score (nSPS) is 17.7. The van der Waals surface area contributed by atoms with Crippen molar-refractivity contribution in [2.45, 2.75) is 32.2 Å². The van der Waals surface area contributed by atoms with Gasteiger partial charge in [-0.1, -0.05) is 0 Å². The maximum Gasteiger partial charge on any atom is 0.256 e. The monoisotopic (exact) mass is 374 g/mol. The van der Waals surface area contributed by atoms with Crippen molar-refractivity contribution in [3.05, 3.63) is 51.7 Å². The summed E-state index contributed by atoms with van der Waals surface area (Å²) >= 11 is 1.71. The van der Waals surface area contributed by atoms with Crippen LogP contribution >= 0.6 is 11.3 Å². The average molecular weight is 374 g/mol. The molecule has 0 bridgehead atoms. The van der Waals surface area contributed by atoms with Crippen molar-refractivity contribution >= 4 is 22.2 Å². The SMILES string of the molecule is O=C(Nc1sc2c(c1CN1CCOCC1)CCCC2)c1ccc(F)cc1. The molecule has 2 heterocycles. The zero-order valence-electron chi connectivity index (χ0n) is 14.7. The van der Waals surface area contributed by atoms with Crippen LogP contribution in [0.3, 0.4) is 0 Å². The van der Waals surface area contributed by atoms with Gasteiger partial charge in [0.05, 0.1) is 13.2 Å². The molecule has 1 amide bonds. The number of amides is 1. The van der Waals surface area contributed by atoms with Crippen molar-refractivity contribution in [3.63, 3.8) is 0 Å². The topological polar surface area (TPSA) is 41.6 Å². The fourth-order valence-corrected chi connectivity index (χ4v) is 4.95. The molecule has 0 unspecified atom stereocenters. The van der Waals surface area contributed by atoms with E-state index in [1.54, 1.807) is 11.3 Å². The van der Waals surface area contributed by atoms with Gasteiger partial charge in [-0.3, -0.25) is 9.69 Å². The van der Waals surface area contributed by atoms with E-state index >= 15 is 0 Å². The van der Waals surface area contributed by atoms with Crippen LogP contribution in [0.2, 0.25) is 0 Å². The molecular formula is C20H23FN2O2S. The molecule has 1 saturated heterocycles. The highest BCUT2D eigenvalue weighted by Gasteiger charge is 2.24. The summed E-state index contributed by atoms with van der Waals surface area (Å²) in [7, 11) is 0. The van der Waals surface area contributed by atoms with Crippen molar-refractivity contribution < 1.29 is 13.9 Å². The number of nitrogens with zero attached hydrogens (tertiary/aromatic N) is 1. The molecule has 1 aromatic carbocycles. The second kappa shape index (κ2) is 7.86. The fourth-order valence-electron chi connectivity index (χ4n) is 3.66. The molecule has 0 spiro atoms. The third-order valence-electron chi connectivity index (χ3n) is 5.10. The number of morpholine rings is 1. The van der Waals surface area contributed by atoms with Gasteiger partial charge in [-0.05, 0) is 55.5 Å². The summed E-state index contributed by atoms with van der Waals surface area (Å²) in [6, 6.07) is 5.70. The number of benzene rings is 1. The van der Waals surface area contributed by atoms with Gasteiger partial charge in [-0.15, -0.1) is 11.3 Å². The average Bonchev–Trinajstić information content (AvgIpc) is 3.00. The molecule has 138 valence electrons. The van der Waals surface area contributed by atoms with Gasteiger partial charge in [0.25, 0.3) is 5.91 Å². The molecule has 26 heavy (non-hydrogen) atoms. The number of thiophene rings is 1. The van der Waals surface area contributed by atoms with E-state index in [4.69, 9.17) is 4.74 Å². The minimum absolute atomic E-state index is 0.174. The van der Waals surface area contributed by atoms with E-state index in [2.05, 4.69) is 10.2 Å². The number of ether oxygens (including phenoxy) is 1. The van der Waals surface area contributed by atoms with E-state index in [1.807, 2.05) is 0 Å². The molecule has 1 N–H and O–H groups in total. The van der Waals surface area contributed by atoms with E-state index in [-0.39, 0.29) is 11.7 Å². The largest absolute Gasteiger partial charge is 0.379 e. The molecule has 0 radical (unpaired) electrons. The van der Waals surface area contributed by atoms with Crippen LogP contribution in [-0.4, -0.2) is 37.1 Å². The minimum atomic E-state index is -0.332. The Balaban J connectivity index is 1.58. The third-order valence-corrected chi connectivity index (χ3v) is 6.35. The first-order valence-corrected chi connectivity index (χ1v) is 10.0. The van der Waals surface area contributed by atoms with Crippen LogP contribution < -0.4 is 5.32 Å². The number of fused-ring (bicyclic) bond motifs is 1. The predicted molar refractivity (Wildman–Crippen MR) is 101 cm³/mol. The van der Waals surface area contributed by atoms with Crippen LogP contribution in [0.5, 0.6) is 0 Å². The Kier molecular flexibility index (Phi) is 5.33. The molecule has 2 aromatic rings. The summed E-state index contributed by atoms with van der Waals surface area (Å²) < 4.78 is 18.6. The van der Waals surface area contributed by atoms with Gasteiger partial charge in [-0.2, -0.15) is 0 Å². The van der Waals surface area contributed by atoms with Gasteiger partial charge in [0, 0.05) is 35.6 Å². The number of aryl methyl sites for hydroxylation is 1. The lowest BCUT2D eigenvalue weighted by Crippen LogP contribution is -2.36. The van der Waals surface area contributed by atoms with Gasteiger partial charge in [0.15, 0.2) is 0 Å². The Morgan fingerprint density at radius 3 is 2.65 bits per heavy atom. The standard InChI is InChI=1S/C20H23FN2O2S/c21-15-7-5-14(6-8-15)19(24)22-20-17(13-23-9-11-25-12-10-23)16-3-1-2-4-18(16)26-20/h5-8H,1-4,9-13H2,(H,22,24). The molecular weight excluding hydrogens is 351 g/mol. The highest BCUT2D eigenvalue weighted by atomic mass is 32.1. The second-order valence-electron chi connectivity index (χ2n) is 6.87. The number of halogens is 1. The first-order chi connectivity index (χ1) is 12.7. The predicted octanol–water partition coefficient (Wildman–Crippen LogP) is 3.85. The quantitative estimate of drug-likeness (QED) is 0.884. The molecule has 0 atom stereocenters. The van der Waals surface area contributed by atoms with Crippen LogP contribution in [0.1, 0.15) is 39.2 Å². The van der Waals surface area contributed by atoms with E-state index in [1.165, 1.54) is 53.1 Å². The van der Waals surface area contributed by atoms with E-state index < -0.39 is 0 Å². The number of hydrogen-bond donors (Lipinski definition) is 1. The van der Waals surface area contributed by atoms with Crippen LogP contribution in [0, 0.1) is 5.82 Å². The van der Waals surface area contributed by atoms with Gasteiger partial charge in [-0.25, -0.2) is 4.39 Å². The van der Waals surface area contributed by atoms with E-state index in [0.29, 0.717) is 5.56 Å². The van der Waals surface area contributed by atoms with Crippen molar-refractivity contribution in [2.75, 3.05) is 31.6 Å². The third kappa shape index (κ3) is 3.82. The second-order valence-corrected chi connectivity index (χ2v) is 7.97. The first kappa shape index (κ1) is 17.6. The van der Waals surface area contributed by atoms with Gasteiger partial charge in [0.2, 0.25) is 0 Å². The summed E-state index contributed by atoms with van der Waals surface area (Å²) in [6.45, 7) is 4.24. The highest BCUT2D eigenvalue weighted by Crippen LogP contribution is 2.39. The molecule has 1 aliphatic carbocycles. The van der Waals surface area contributed by atoms with Gasteiger partial charge >= 0.3 is 0 Å². The van der Waals surface area contributed by atoms with E-state index in [9.17, 15) is 9.18 Å². The Bertz CT molecular complexity index is 782. The Hall–Kier alpha value is -1.76. The molecule has 4 nitrogen and oxygen atoms in total. The zero-order valence-corrected chi connectivity index (χ0v) is 15.5. The number of nitrogens with one attached hydrogen (secondary N) is 1. The van der Waals surface area contributed by atoms with Crippen LogP contribution in [0.4, 0.5) is 9.39 Å². The van der Waals surface area contributed by atoms with Crippen LogP contribution in [0.25, 0.3) is 0 Å². The van der Waals surface area contributed by atoms with Crippen molar-refractivity contribution in [3.8, 4) is 0 Å². The molecule has 6 heteroatoms. The van der Waals surface area contributed by atoms with Gasteiger partial charge in [0.1, 0.15) is 10.8 Å². The van der Waals surface area contributed by atoms with Gasteiger partial charge < -0.3 is 10.1 Å². The number of carbonyl (C=O) groups excluding carboxylic acids is 1. The molecule has 1 fully saturated rings. The summed E-state index contributed by atoms with van der Waals surface area (Å²) in [4.78, 5) is 16.4. The Morgan fingerprint density at radius 1 is 1.15 bits per heavy atom. The number of carbonyl (C=O) groups is 1.